The van der Waals surface area contributed by atoms with Gasteiger partial charge in [0, 0.05) is 32.7 Å². The summed E-state index contributed by atoms with van der Waals surface area (Å²) in [5, 5.41) is 0. The molecular formula is C13H18BrN3O2S. The van der Waals surface area contributed by atoms with E-state index in [2.05, 4.69) is 25.8 Å². The lowest BCUT2D eigenvalue weighted by Crippen LogP contribution is -2.40. The Kier molecular flexibility index (Phi) is 4.70. The number of hydrogen-bond donors (Lipinski definition) is 0. The Morgan fingerprint density at radius 2 is 2.25 bits per heavy atom. The molecule has 0 N–H and O–H groups in total. The van der Waals surface area contributed by atoms with E-state index in [-0.39, 0.29) is 5.91 Å². The predicted octanol–water partition coefficient (Wildman–Crippen LogP) is 1.70. The van der Waals surface area contributed by atoms with Crippen molar-refractivity contribution < 1.29 is 9.53 Å². The molecule has 0 radical (unpaired) electrons. The van der Waals surface area contributed by atoms with E-state index in [0.29, 0.717) is 10.5 Å². The van der Waals surface area contributed by atoms with Crippen molar-refractivity contribution in [2.75, 3.05) is 45.9 Å². The second-order valence-corrected chi connectivity index (χ2v) is 6.90. The maximum absolute atomic E-state index is 12.4. The average molecular weight is 360 g/mol. The number of likely N-dealkylation sites (tertiary alicyclic amines) is 1. The first-order valence-corrected chi connectivity index (χ1v) is 8.59. The highest BCUT2D eigenvalue weighted by Crippen LogP contribution is 2.25. The van der Waals surface area contributed by atoms with Crippen LogP contribution >= 0.6 is 27.3 Å². The minimum Gasteiger partial charge on any atom is -0.379 e. The Labute approximate surface area is 131 Å². The predicted molar refractivity (Wildman–Crippen MR) is 81.1 cm³/mol. The lowest BCUT2D eigenvalue weighted by atomic mass is 10.1. The number of thiazole rings is 1. The zero-order valence-electron chi connectivity index (χ0n) is 11.3. The van der Waals surface area contributed by atoms with Gasteiger partial charge in [-0.1, -0.05) is 0 Å². The summed E-state index contributed by atoms with van der Waals surface area (Å²) in [5.41, 5.74) is 1.71. The Balaban J connectivity index is 1.54. The van der Waals surface area contributed by atoms with Crippen LogP contribution in [0, 0.1) is 5.92 Å². The minimum absolute atomic E-state index is 0.115. The van der Waals surface area contributed by atoms with E-state index in [1.54, 1.807) is 5.51 Å². The van der Waals surface area contributed by atoms with E-state index in [4.69, 9.17) is 4.74 Å². The summed E-state index contributed by atoms with van der Waals surface area (Å²) in [6.07, 6.45) is 1.10. The number of amides is 1. The minimum atomic E-state index is 0.115. The molecular weight excluding hydrogens is 342 g/mol. The van der Waals surface area contributed by atoms with Crippen LogP contribution < -0.4 is 0 Å². The highest BCUT2D eigenvalue weighted by atomic mass is 79.9. The van der Waals surface area contributed by atoms with Gasteiger partial charge in [0.2, 0.25) is 0 Å². The third-order valence-corrected chi connectivity index (χ3v) is 5.59. The van der Waals surface area contributed by atoms with Gasteiger partial charge >= 0.3 is 0 Å². The topological polar surface area (TPSA) is 45.7 Å². The second kappa shape index (κ2) is 6.51. The van der Waals surface area contributed by atoms with Crippen LogP contribution in [-0.2, 0) is 4.74 Å². The number of morpholine rings is 1. The van der Waals surface area contributed by atoms with Gasteiger partial charge in [0.1, 0.15) is 9.48 Å². The van der Waals surface area contributed by atoms with Gasteiger partial charge in [0.25, 0.3) is 5.91 Å². The lowest BCUT2D eigenvalue weighted by molar-refractivity contribution is 0.0310. The molecule has 7 heteroatoms. The Bertz CT molecular complexity index is 476. The third kappa shape index (κ3) is 3.21. The number of rotatable bonds is 3. The van der Waals surface area contributed by atoms with E-state index in [9.17, 15) is 4.79 Å². The smallest absolute Gasteiger partial charge is 0.266 e. The zero-order valence-corrected chi connectivity index (χ0v) is 13.7. The summed E-state index contributed by atoms with van der Waals surface area (Å²) >= 11 is 4.74. The van der Waals surface area contributed by atoms with Gasteiger partial charge in [-0.25, -0.2) is 4.98 Å². The summed E-state index contributed by atoms with van der Waals surface area (Å²) in [6, 6.07) is 0. The van der Waals surface area contributed by atoms with E-state index < -0.39 is 0 Å². The van der Waals surface area contributed by atoms with Gasteiger partial charge in [0.05, 0.1) is 18.7 Å². The molecule has 5 nitrogen and oxygen atoms in total. The fourth-order valence-electron chi connectivity index (χ4n) is 2.83. The largest absolute Gasteiger partial charge is 0.379 e. The average Bonchev–Trinajstić information content (AvgIpc) is 3.08. The standard InChI is InChI=1S/C13H18BrN3O2S/c14-12-11(20-9-15-12)13(18)17-2-1-10(8-17)7-16-3-5-19-6-4-16/h9-10H,1-8H2/t10-/m1/s1. The summed E-state index contributed by atoms with van der Waals surface area (Å²) in [5.74, 6) is 0.701. The number of ether oxygens (including phenoxy) is 1. The monoisotopic (exact) mass is 359 g/mol. The van der Waals surface area contributed by atoms with Gasteiger partial charge in [-0.3, -0.25) is 9.69 Å². The zero-order chi connectivity index (χ0) is 13.9. The van der Waals surface area contributed by atoms with E-state index in [1.165, 1.54) is 11.3 Å². The molecule has 0 saturated carbocycles. The quantitative estimate of drug-likeness (QED) is 0.823. The molecule has 20 heavy (non-hydrogen) atoms. The van der Waals surface area contributed by atoms with Crippen LogP contribution in [0.1, 0.15) is 16.1 Å². The molecule has 1 amide bonds. The van der Waals surface area contributed by atoms with Crippen molar-refractivity contribution in [2.24, 2.45) is 5.92 Å². The number of halogens is 1. The van der Waals surface area contributed by atoms with Crippen LogP contribution in [0.4, 0.5) is 0 Å². The molecule has 1 aromatic rings. The molecule has 3 heterocycles. The fourth-order valence-corrected chi connectivity index (χ4v) is 4.16. The van der Waals surface area contributed by atoms with Crippen molar-refractivity contribution in [3.63, 3.8) is 0 Å². The Hall–Kier alpha value is -0.500. The summed E-state index contributed by atoms with van der Waals surface area (Å²) in [4.78, 5) is 21.6. The maximum atomic E-state index is 12.4. The maximum Gasteiger partial charge on any atom is 0.266 e. The molecule has 0 unspecified atom stereocenters. The molecule has 1 atom stereocenters. The Morgan fingerprint density at radius 3 is 2.95 bits per heavy atom. The van der Waals surface area contributed by atoms with E-state index in [1.807, 2.05) is 4.90 Å². The molecule has 1 aromatic heterocycles. The van der Waals surface area contributed by atoms with Crippen molar-refractivity contribution in [2.45, 2.75) is 6.42 Å². The lowest BCUT2D eigenvalue weighted by Gasteiger charge is -2.29. The van der Waals surface area contributed by atoms with Crippen molar-refractivity contribution in [1.29, 1.82) is 0 Å². The molecule has 2 aliphatic rings. The van der Waals surface area contributed by atoms with Crippen LogP contribution in [0.15, 0.2) is 10.1 Å². The first-order valence-electron chi connectivity index (χ1n) is 6.92. The van der Waals surface area contributed by atoms with Crippen LogP contribution in [0.3, 0.4) is 0 Å². The SMILES string of the molecule is O=C(c1scnc1Br)N1CC[C@H](CN2CCOCC2)C1. The van der Waals surface area contributed by atoms with Crippen LogP contribution in [0.25, 0.3) is 0 Å². The van der Waals surface area contributed by atoms with Gasteiger partial charge in [-0.15, -0.1) is 11.3 Å². The van der Waals surface area contributed by atoms with Crippen molar-refractivity contribution in [3.8, 4) is 0 Å². The number of nitrogens with zero attached hydrogens (tertiary/aromatic N) is 3. The van der Waals surface area contributed by atoms with Crippen LogP contribution in [0.5, 0.6) is 0 Å². The van der Waals surface area contributed by atoms with E-state index in [0.717, 1.165) is 57.2 Å². The van der Waals surface area contributed by atoms with Crippen LogP contribution in [0.2, 0.25) is 0 Å². The molecule has 110 valence electrons. The first-order chi connectivity index (χ1) is 9.74. The number of carbonyl (C=O) groups is 1. The Morgan fingerprint density at radius 1 is 1.45 bits per heavy atom. The summed E-state index contributed by atoms with van der Waals surface area (Å²) in [6.45, 7) is 6.51. The summed E-state index contributed by atoms with van der Waals surface area (Å²) < 4.78 is 6.04. The number of carbonyl (C=O) groups excluding carboxylic acids is 1. The first kappa shape index (κ1) is 14.4. The van der Waals surface area contributed by atoms with Gasteiger partial charge < -0.3 is 9.64 Å². The third-order valence-electron chi connectivity index (χ3n) is 3.91. The van der Waals surface area contributed by atoms with Gasteiger partial charge in [-0.2, -0.15) is 0 Å². The van der Waals surface area contributed by atoms with Crippen molar-refractivity contribution >= 4 is 33.2 Å². The molecule has 2 fully saturated rings. The van der Waals surface area contributed by atoms with Gasteiger partial charge in [0.15, 0.2) is 0 Å². The van der Waals surface area contributed by atoms with E-state index >= 15 is 0 Å². The normalized spacial score (nSPS) is 24.2. The van der Waals surface area contributed by atoms with Crippen molar-refractivity contribution in [3.05, 3.63) is 15.0 Å². The number of aromatic nitrogens is 1. The molecule has 0 aromatic carbocycles. The highest BCUT2D eigenvalue weighted by Gasteiger charge is 2.30. The molecule has 2 aliphatic heterocycles. The van der Waals surface area contributed by atoms with Gasteiger partial charge in [-0.05, 0) is 28.3 Å². The second-order valence-electron chi connectivity index (χ2n) is 5.29. The van der Waals surface area contributed by atoms with Crippen molar-refractivity contribution in [1.82, 2.24) is 14.8 Å². The molecule has 0 aliphatic carbocycles. The molecule has 3 rings (SSSR count). The molecule has 0 bridgehead atoms. The fraction of sp³-hybridized carbons (Fsp3) is 0.692. The van der Waals surface area contributed by atoms with Crippen LogP contribution in [-0.4, -0.2) is 66.6 Å². The molecule has 2 saturated heterocycles. The highest BCUT2D eigenvalue weighted by molar-refractivity contribution is 9.10. The summed E-state index contributed by atoms with van der Waals surface area (Å²) in [7, 11) is 0. The molecule has 0 spiro atoms. The number of hydrogen-bond acceptors (Lipinski definition) is 5.